The monoisotopic (exact) mass is 441 g/mol. The van der Waals surface area contributed by atoms with Crippen molar-refractivity contribution in [2.45, 2.75) is 24.5 Å². The van der Waals surface area contributed by atoms with Gasteiger partial charge in [0, 0.05) is 35.8 Å². The van der Waals surface area contributed by atoms with Crippen molar-refractivity contribution in [1.82, 2.24) is 15.0 Å². The van der Waals surface area contributed by atoms with E-state index in [9.17, 15) is 18.3 Å². The number of para-hydroxylation sites is 1. The summed E-state index contributed by atoms with van der Waals surface area (Å²) in [6, 6.07) is 15.2. The number of aryl methyl sites for hydroxylation is 1. The van der Waals surface area contributed by atoms with Crippen LogP contribution in [0.15, 0.2) is 59.5 Å². The smallest absolute Gasteiger partial charge is 0.309 e. The number of aliphatic carboxylic acids is 1. The molecule has 0 radical (unpaired) electrons. The van der Waals surface area contributed by atoms with E-state index >= 15 is 0 Å². The number of aromatic nitrogens is 1. The summed E-state index contributed by atoms with van der Waals surface area (Å²) >= 11 is 0. The van der Waals surface area contributed by atoms with Gasteiger partial charge in [-0.05, 0) is 43.3 Å². The minimum Gasteiger partial charge on any atom is -0.489 e. The molecule has 9 heteroatoms. The molecular formula is C22H23N3O5S. The second-order valence-electron chi connectivity index (χ2n) is 7.53. The Balaban J connectivity index is 1.46. The molecule has 0 aliphatic carbocycles. The lowest BCUT2D eigenvalue weighted by atomic mass is 10.1. The van der Waals surface area contributed by atoms with Crippen molar-refractivity contribution < 1.29 is 23.1 Å². The Morgan fingerprint density at radius 2 is 1.94 bits per heavy atom. The zero-order valence-electron chi connectivity index (χ0n) is 16.9. The highest BCUT2D eigenvalue weighted by molar-refractivity contribution is 7.89. The van der Waals surface area contributed by atoms with Crippen LogP contribution in [-0.4, -0.2) is 43.6 Å². The Morgan fingerprint density at radius 3 is 2.68 bits per heavy atom. The third-order valence-electron chi connectivity index (χ3n) is 5.30. The van der Waals surface area contributed by atoms with E-state index in [1.54, 1.807) is 12.1 Å². The predicted molar refractivity (Wildman–Crippen MR) is 115 cm³/mol. The summed E-state index contributed by atoms with van der Waals surface area (Å²) in [5.41, 5.74) is 2.79. The molecule has 1 saturated heterocycles. The molecule has 1 aliphatic heterocycles. The fourth-order valence-corrected chi connectivity index (χ4v) is 5.00. The summed E-state index contributed by atoms with van der Waals surface area (Å²) in [5.74, 6) is -1.29. The Hall–Kier alpha value is -3.01. The number of benzene rings is 2. The van der Waals surface area contributed by atoms with Gasteiger partial charge in [-0.2, -0.15) is 0 Å². The summed E-state index contributed by atoms with van der Waals surface area (Å²) in [7, 11) is -3.85. The van der Waals surface area contributed by atoms with E-state index in [0.717, 1.165) is 22.2 Å². The van der Waals surface area contributed by atoms with Crippen LogP contribution in [0.25, 0.3) is 10.9 Å². The number of sulfonamides is 1. The summed E-state index contributed by atoms with van der Waals surface area (Å²) in [6.45, 7) is 2.76. The summed E-state index contributed by atoms with van der Waals surface area (Å²) < 4.78 is 33.7. The van der Waals surface area contributed by atoms with Crippen molar-refractivity contribution in [3.63, 3.8) is 0 Å². The molecule has 1 fully saturated rings. The van der Waals surface area contributed by atoms with E-state index in [0.29, 0.717) is 12.4 Å². The number of hydrogen-bond donors (Lipinski definition) is 3. The second-order valence-corrected chi connectivity index (χ2v) is 9.24. The first-order valence-electron chi connectivity index (χ1n) is 9.87. The number of carbonyl (C=O) groups is 1. The van der Waals surface area contributed by atoms with Crippen molar-refractivity contribution in [2.75, 3.05) is 13.1 Å². The molecule has 8 nitrogen and oxygen atoms in total. The maximum absolute atomic E-state index is 12.7. The van der Waals surface area contributed by atoms with Gasteiger partial charge in [-0.15, -0.1) is 0 Å². The maximum Gasteiger partial charge on any atom is 0.309 e. The van der Waals surface area contributed by atoms with E-state index in [4.69, 9.17) is 4.74 Å². The minimum absolute atomic E-state index is 0.0566. The average Bonchev–Trinajstić information content (AvgIpc) is 3.20. The second kappa shape index (κ2) is 8.62. The lowest BCUT2D eigenvalue weighted by Gasteiger charge is -2.17. The molecule has 0 bridgehead atoms. The summed E-state index contributed by atoms with van der Waals surface area (Å²) in [4.78, 5) is 15.8. The highest BCUT2D eigenvalue weighted by atomic mass is 32.2. The number of carboxylic acids is 1. The Labute approximate surface area is 180 Å². The lowest BCUT2D eigenvalue weighted by Crippen LogP contribution is -2.42. The Morgan fingerprint density at radius 1 is 1.19 bits per heavy atom. The Bertz CT molecular complexity index is 1210. The minimum atomic E-state index is -3.85. The molecule has 162 valence electrons. The standard InChI is InChI=1S/C22H23N3O5S/c1-14-10-15(18-4-2-3-5-20(18)24-14)13-30-16-6-8-17(9-7-16)31(28,29)25-21-12-23-11-19(21)22(26)27/h2-10,19,21,23,25H,11-13H2,1H3,(H,26,27)/t19-,21+/m0/s1. The largest absolute Gasteiger partial charge is 0.489 e. The van der Waals surface area contributed by atoms with Gasteiger partial charge >= 0.3 is 5.97 Å². The highest BCUT2D eigenvalue weighted by Crippen LogP contribution is 2.22. The quantitative estimate of drug-likeness (QED) is 0.514. The van der Waals surface area contributed by atoms with Crippen LogP contribution in [0.5, 0.6) is 5.75 Å². The topological polar surface area (TPSA) is 118 Å². The van der Waals surface area contributed by atoms with Gasteiger partial charge < -0.3 is 15.2 Å². The molecule has 2 heterocycles. The van der Waals surface area contributed by atoms with E-state index in [-0.39, 0.29) is 18.0 Å². The van der Waals surface area contributed by atoms with Crippen LogP contribution >= 0.6 is 0 Å². The molecule has 3 N–H and O–H groups in total. The molecule has 3 aromatic rings. The van der Waals surface area contributed by atoms with Crippen LogP contribution in [0.1, 0.15) is 11.3 Å². The van der Waals surface area contributed by atoms with Crippen molar-refractivity contribution >= 4 is 26.9 Å². The fourth-order valence-electron chi connectivity index (χ4n) is 3.72. The van der Waals surface area contributed by atoms with Crippen LogP contribution in [0.2, 0.25) is 0 Å². The third-order valence-corrected chi connectivity index (χ3v) is 6.80. The lowest BCUT2D eigenvalue weighted by molar-refractivity contribution is -0.141. The predicted octanol–water partition coefficient (Wildman–Crippen LogP) is 2.07. The molecule has 4 rings (SSSR count). The van der Waals surface area contributed by atoms with Gasteiger partial charge in [-0.1, -0.05) is 18.2 Å². The van der Waals surface area contributed by atoms with Crippen LogP contribution in [-0.2, 0) is 21.4 Å². The number of fused-ring (bicyclic) bond motifs is 1. The molecular weight excluding hydrogens is 418 g/mol. The normalized spacial score (nSPS) is 18.9. The van der Waals surface area contributed by atoms with E-state index < -0.39 is 28.0 Å². The van der Waals surface area contributed by atoms with Gasteiger partial charge in [0.1, 0.15) is 12.4 Å². The van der Waals surface area contributed by atoms with Gasteiger partial charge in [0.15, 0.2) is 0 Å². The first-order chi connectivity index (χ1) is 14.8. The number of ether oxygens (including phenoxy) is 1. The first-order valence-corrected chi connectivity index (χ1v) is 11.4. The SMILES string of the molecule is Cc1cc(COc2ccc(S(=O)(=O)N[C@@H]3CNC[C@@H]3C(=O)O)cc2)c2ccccc2n1. The average molecular weight is 442 g/mol. The van der Waals surface area contributed by atoms with Gasteiger partial charge in [0.25, 0.3) is 0 Å². The summed E-state index contributed by atoms with van der Waals surface area (Å²) in [6.07, 6.45) is 0. The number of rotatable bonds is 7. The Kier molecular flexibility index (Phi) is 5.90. The molecule has 31 heavy (non-hydrogen) atoms. The summed E-state index contributed by atoms with van der Waals surface area (Å²) in [5, 5.41) is 13.1. The van der Waals surface area contributed by atoms with Gasteiger partial charge in [0.2, 0.25) is 10.0 Å². The van der Waals surface area contributed by atoms with Crippen molar-refractivity contribution in [1.29, 1.82) is 0 Å². The van der Waals surface area contributed by atoms with Crippen LogP contribution < -0.4 is 14.8 Å². The fraction of sp³-hybridized carbons (Fsp3) is 0.273. The first kappa shape index (κ1) is 21.2. The molecule has 1 aromatic heterocycles. The van der Waals surface area contributed by atoms with Crippen molar-refractivity contribution in [3.8, 4) is 5.75 Å². The highest BCUT2D eigenvalue weighted by Gasteiger charge is 2.35. The molecule has 0 amide bonds. The number of hydrogen-bond acceptors (Lipinski definition) is 6. The molecule has 2 atom stereocenters. The molecule has 0 saturated carbocycles. The van der Waals surface area contributed by atoms with Gasteiger partial charge in [0.05, 0.1) is 16.3 Å². The third kappa shape index (κ3) is 4.68. The number of carboxylic acid groups (broad SMARTS) is 1. The molecule has 1 aliphatic rings. The number of nitrogens with one attached hydrogen (secondary N) is 2. The van der Waals surface area contributed by atoms with E-state index in [1.165, 1.54) is 12.1 Å². The number of pyridine rings is 1. The van der Waals surface area contributed by atoms with Crippen molar-refractivity contribution in [2.24, 2.45) is 5.92 Å². The van der Waals surface area contributed by atoms with E-state index in [1.807, 2.05) is 37.3 Å². The molecule has 0 spiro atoms. The molecule has 2 aromatic carbocycles. The molecule has 0 unspecified atom stereocenters. The van der Waals surface area contributed by atoms with Crippen LogP contribution in [0.3, 0.4) is 0 Å². The number of nitrogens with zero attached hydrogens (tertiary/aromatic N) is 1. The van der Waals surface area contributed by atoms with Gasteiger partial charge in [-0.25, -0.2) is 13.1 Å². The zero-order chi connectivity index (χ0) is 22.0. The van der Waals surface area contributed by atoms with Gasteiger partial charge in [-0.3, -0.25) is 9.78 Å². The zero-order valence-corrected chi connectivity index (χ0v) is 17.7. The van der Waals surface area contributed by atoms with Crippen LogP contribution in [0.4, 0.5) is 0 Å². The van der Waals surface area contributed by atoms with E-state index in [2.05, 4.69) is 15.0 Å². The van der Waals surface area contributed by atoms with Crippen LogP contribution in [0, 0.1) is 12.8 Å². The maximum atomic E-state index is 12.7. The van der Waals surface area contributed by atoms with Crippen molar-refractivity contribution in [3.05, 3.63) is 65.9 Å².